The molecule has 0 saturated heterocycles. The maximum Gasteiger partial charge on any atom is 0.136 e. The van der Waals surface area contributed by atoms with Gasteiger partial charge in [0.05, 0.1) is 31.1 Å². The van der Waals surface area contributed by atoms with Crippen molar-refractivity contribution in [3.8, 4) is 23.0 Å². The summed E-state index contributed by atoms with van der Waals surface area (Å²) < 4.78 is 24.2. The number of ether oxygens (including phenoxy) is 4. The molecule has 0 aliphatic carbocycles. The molecule has 4 aromatic rings. The van der Waals surface area contributed by atoms with Crippen molar-refractivity contribution in [2.24, 2.45) is 0 Å². The van der Waals surface area contributed by atoms with Gasteiger partial charge in [-0.05, 0) is 35.7 Å². The van der Waals surface area contributed by atoms with E-state index in [1.807, 2.05) is 85.8 Å². The summed E-state index contributed by atoms with van der Waals surface area (Å²) in [4.78, 5) is 0. The highest BCUT2D eigenvalue weighted by atomic mass is 16.5. The topological polar surface area (TPSA) is 57.2 Å². The fourth-order valence-electron chi connectivity index (χ4n) is 4.23. The van der Waals surface area contributed by atoms with Crippen LogP contribution in [0.25, 0.3) is 10.8 Å². The fraction of sp³-hybridized carbons (Fsp3) is 0.267. The van der Waals surface area contributed by atoms with E-state index < -0.39 is 6.10 Å². The minimum Gasteiger partial charge on any atom is -0.496 e. The number of aliphatic hydroxyl groups is 1. The summed E-state index contributed by atoms with van der Waals surface area (Å²) in [6.45, 7) is 2.84. The molecule has 0 aliphatic heterocycles. The average molecular weight is 473 g/mol. The number of rotatable bonds is 11. The van der Waals surface area contributed by atoms with Crippen molar-refractivity contribution < 1.29 is 24.1 Å². The second-order valence-electron chi connectivity index (χ2n) is 8.37. The van der Waals surface area contributed by atoms with Gasteiger partial charge in [0, 0.05) is 5.56 Å². The lowest BCUT2D eigenvalue weighted by Gasteiger charge is -2.22. The Bertz CT molecular complexity index is 1240. The van der Waals surface area contributed by atoms with Crippen LogP contribution in [0.15, 0.2) is 78.9 Å². The molecule has 0 spiro atoms. The Morgan fingerprint density at radius 1 is 0.686 bits per heavy atom. The van der Waals surface area contributed by atoms with E-state index >= 15 is 0 Å². The monoisotopic (exact) mass is 472 g/mol. The van der Waals surface area contributed by atoms with Crippen LogP contribution in [0.1, 0.15) is 42.6 Å². The Labute approximate surface area is 206 Å². The molecule has 1 unspecified atom stereocenters. The predicted molar refractivity (Wildman–Crippen MR) is 138 cm³/mol. The smallest absolute Gasteiger partial charge is 0.136 e. The van der Waals surface area contributed by atoms with Crippen LogP contribution in [0.5, 0.6) is 23.0 Å². The molecule has 1 atom stereocenters. The van der Waals surface area contributed by atoms with E-state index in [1.165, 1.54) is 0 Å². The van der Waals surface area contributed by atoms with Gasteiger partial charge in [-0.15, -0.1) is 0 Å². The van der Waals surface area contributed by atoms with E-state index in [2.05, 4.69) is 0 Å². The number of fused-ring (bicyclic) bond motifs is 1. The van der Waals surface area contributed by atoms with Crippen LogP contribution in [-0.2, 0) is 13.2 Å². The standard InChI is InChI=1S/C30H32O5/c1-4-11-24(31)23-18-27(32-2)28-25(34-19-21-12-7-5-8-13-21)16-17-26(29(28)30(23)33-3)35-20-22-14-9-6-10-15-22/h5-10,12-18,24,31H,4,11,19-20H2,1-3H3. The molecule has 4 aromatic carbocycles. The highest BCUT2D eigenvalue weighted by Crippen LogP contribution is 2.48. The molecule has 0 radical (unpaired) electrons. The summed E-state index contributed by atoms with van der Waals surface area (Å²) in [7, 11) is 3.23. The molecular formula is C30H32O5. The third-order valence-electron chi connectivity index (χ3n) is 5.97. The lowest BCUT2D eigenvalue weighted by Crippen LogP contribution is -2.05. The molecule has 0 aromatic heterocycles. The van der Waals surface area contributed by atoms with Crippen molar-refractivity contribution in [2.45, 2.75) is 39.1 Å². The van der Waals surface area contributed by atoms with Crippen LogP contribution >= 0.6 is 0 Å². The first-order chi connectivity index (χ1) is 17.2. The molecule has 5 nitrogen and oxygen atoms in total. The molecule has 182 valence electrons. The van der Waals surface area contributed by atoms with E-state index in [1.54, 1.807) is 14.2 Å². The zero-order valence-electron chi connectivity index (χ0n) is 20.5. The highest BCUT2D eigenvalue weighted by molar-refractivity contribution is 6.03. The maximum atomic E-state index is 10.9. The van der Waals surface area contributed by atoms with Gasteiger partial charge in [-0.2, -0.15) is 0 Å². The Kier molecular flexibility index (Phi) is 8.11. The van der Waals surface area contributed by atoms with Crippen LogP contribution in [0.3, 0.4) is 0 Å². The normalized spacial score (nSPS) is 11.8. The summed E-state index contributed by atoms with van der Waals surface area (Å²) in [6, 6.07) is 25.6. The van der Waals surface area contributed by atoms with Gasteiger partial charge in [-0.25, -0.2) is 0 Å². The average Bonchev–Trinajstić information content (AvgIpc) is 2.91. The zero-order chi connectivity index (χ0) is 24.6. The van der Waals surface area contributed by atoms with Crippen LogP contribution in [0.2, 0.25) is 0 Å². The first kappa shape index (κ1) is 24.4. The number of aliphatic hydroxyl groups excluding tert-OH is 1. The van der Waals surface area contributed by atoms with Gasteiger partial charge in [0.25, 0.3) is 0 Å². The van der Waals surface area contributed by atoms with Crippen LogP contribution in [0, 0.1) is 0 Å². The SMILES string of the molecule is CCCC(O)c1cc(OC)c2c(OCc3ccccc3)ccc(OCc3ccccc3)c2c1OC. The number of benzene rings is 4. The summed E-state index contributed by atoms with van der Waals surface area (Å²) in [6.07, 6.45) is 0.752. The largest absolute Gasteiger partial charge is 0.496 e. The minimum absolute atomic E-state index is 0.396. The Hall–Kier alpha value is -3.70. The quantitative estimate of drug-likeness (QED) is 0.259. The van der Waals surface area contributed by atoms with Crippen LogP contribution < -0.4 is 18.9 Å². The van der Waals surface area contributed by atoms with Gasteiger partial charge < -0.3 is 24.1 Å². The molecule has 35 heavy (non-hydrogen) atoms. The van der Waals surface area contributed by atoms with E-state index in [0.717, 1.165) is 28.3 Å². The van der Waals surface area contributed by atoms with Gasteiger partial charge in [-0.3, -0.25) is 0 Å². The summed E-state index contributed by atoms with van der Waals surface area (Å²) in [5.41, 5.74) is 2.78. The van der Waals surface area contributed by atoms with Gasteiger partial charge in [0.15, 0.2) is 0 Å². The Balaban J connectivity index is 1.84. The molecule has 5 heteroatoms. The number of hydrogen-bond donors (Lipinski definition) is 1. The molecule has 1 N–H and O–H groups in total. The molecule has 0 amide bonds. The summed E-state index contributed by atoms with van der Waals surface area (Å²) in [5.74, 6) is 2.45. The number of hydrogen-bond acceptors (Lipinski definition) is 5. The molecule has 0 heterocycles. The Morgan fingerprint density at radius 2 is 1.23 bits per heavy atom. The highest BCUT2D eigenvalue weighted by Gasteiger charge is 2.24. The molecule has 0 bridgehead atoms. The third-order valence-corrected chi connectivity index (χ3v) is 5.97. The fourth-order valence-corrected chi connectivity index (χ4v) is 4.23. The maximum absolute atomic E-state index is 10.9. The van der Waals surface area contributed by atoms with E-state index in [-0.39, 0.29) is 0 Å². The lowest BCUT2D eigenvalue weighted by molar-refractivity contribution is 0.162. The molecule has 0 aliphatic rings. The second-order valence-corrected chi connectivity index (χ2v) is 8.37. The van der Waals surface area contributed by atoms with Gasteiger partial charge >= 0.3 is 0 Å². The molecule has 0 saturated carbocycles. The van der Waals surface area contributed by atoms with Gasteiger partial charge in [0.1, 0.15) is 36.2 Å². The minimum atomic E-state index is -0.691. The van der Waals surface area contributed by atoms with Gasteiger partial charge in [-0.1, -0.05) is 74.0 Å². The van der Waals surface area contributed by atoms with Crippen LogP contribution in [-0.4, -0.2) is 19.3 Å². The summed E-state index contributed by atoms with van der Waals surface area (Å²) >= 11 is 0. The third kappa shape index (κ3) is 5.52. The van der Waals surface area contributed by atoms with Crippen molar-refractivity contribution in [1.29, 1.82) is 0 Å². The van der Waals surface area contributed by atoms with E-state index in [4.69, 9.17) is 18.9 Å². The van der Waals surface area contributed by atoms with Crippen molar-refractivity contribution in [3.63, 3.8) is 0 Å². The second kappa shape index (κ2) is 11.6. The van der Waals surface area contributed by atoms with Crippen molar-refractivity contribution in [2.75, 3.05) is 14.2 Å². The first-order valence-corrected chi connectivity index (χ1v) is 11.9. The number of methoxy groups -OCH3 is 2. The molecular weight excluding hydrogens is 440 g/mol. The molecule has 0 fully saturated rings. The zero-order valence-corrected chi connectivity index (χ0v) is 20.5. The van der Waals surface area contributed by atoms with Crippen LogP contribution in [0.4, 0.5) is 0 Å². The predicted octanol–water partition coefficient (Wildman–Crippen LogP) is 6.85. The van der Waals surface area contributed by atoms with Crippen molar-refractivity contribution in [3.05, 3.63) is 95.6 Å². The van der Waals surface area contributed by atoms with E-state index in [0.29, 0.717) is 48.2 Å². The van der Waals surface area contributed by atoms with Crippen molar-refractivity contribution in [1.82, 2.24) is 0 Å². The lowest BCUT2D eigenvalue weighted by atomic mass is 9.97. The first-order valence-electron chi connectivity index (χ1n) is 11.9. The van der Waals surface area contributed by atoms with Gasteiger partial charge in [0.2, 0.25) is 0 Å². The van der Waals surface area contributed by atoms with E-state index in [9.17, 15) is 5.11 Å². The molecule has 4 rings (SSSR count). The summed E-state index contributed by atoms with van der Waals surface area (Å²) in [5, 5.41) is 12.4. The Morgan fingerprint density at radius 3 is 1.71 bits per heavy atom. The van der Waals surface area contributed by atoms with Crippen molar-refractivity contribution >= 4 is 10.8 Å².